The van der Waals surface area contributed by atoms with Crippen LogP contribution in [0.2, 0.25) is 0 Å². The van der Waals surface area contributed by atoms with E-state index in [9.17, 15) is 0 Å². The molecule has 0 spiro atoms. The fourth-order valence-electron chi connectivity index (χ4n) is 2.12. The second-order valence-electron chi connectivity index (χ2n) is 5.07. The number of benzene rings is 1. The van der Waals surface area contributed by atoms with Gasteiger partial charge in [-0.05, 0) is 38.8 Å². The molecule has 1 aromatic heterocycles. The third-order valence-electron chi connectivity index (χ3n) is 3.44. The van der Waals surface area contributed by atoms with Gasteiger partial charge >= 0.3 is 0 Å². The van der Waals surface area contributed by atoms with E-state index in [0.29, 0.717) is 0 Å². The molecule has 3 nitrogen and oxygen atoms in total. The quantitative estimate of drug-likeness (QED) is 0.859. The lowest BCUT2D eigenvalue weighted by Crippen LogP contribution is -2.02. The zero-order valence-corrected chi connectivity index (χ0v) is 12.8. The van der Waals surface area contributed by atoms with E-state index < -0.39 is 0 Å². The minimum Gasteiger partial charge on any atom is -0.347 e. The maximum Gasteiger partial charge on any atom is 0.133 e. The van der Waals surface area contributed by atoms with Crippen molar-refractivity contribution >= 4 is 5.82 Å². The fourth-order valence-corrected chi connectivity index (χ4v) is 2.12. The third kappa shape index (κ3) is 3.29. The van der Waals surface area contributed by atoms with Gasteiger partial charge in [-0.3, -0.25) is 0 Å². The van der Waals surface area contributed by atoms with Crippen LogP contribution in [-0.2, 0) is 0 Å². The monoisotopic (exact) mass is 269 g/mol. The molecule has 1 heterocycles. The van der Waals surface area contributed by atoms with Crippen molar-refractivity contribution in [1.29, 1.82) is 0 Å². The lowest BCUT2D eigenvalue weighted by atomic mass is 10.2. The Kier molecular flexibility index (Phi) is 4.61. The smallest absolute Gasteiger partial charge is 0.133 e. The highest BCUT2D eigenvalue weighted by atomic mass is 15.3. The molecular formula is C17H23N3. The predicted octanol–water partition coefficient (Wildman–Crippen LogP) is 4.60. The van der Waals surface area contributed by atoms with E-state index in [1.807, 2.05) is 11.6 Å². The highest BCUT2D eigenvalue weighted by Crippen LogP contribution is 2.18. The molecule has 0 aliphatic carbocycles. The van der Waals surface area contributed by atoms with Gasteiger partial charge in [-0.2, -0.15) is 5.10 Å². The summed E-state index contributed by atoms with van der Waals surface area (Å²) in [6, 6.07) is 10.5. The Hall–Kier alpha value is -2.03. The van der Waals surface area contributed by atoms with Gasteiger partial charge in [-0.1, -0.05) is 37.1 Å². The molecule has 0 saturated heterocycles. The van der Waals surface area contributed by atoms with Crippen LogP contribution in [0.25, 0.3) is 5.69 Å². The van der Waals surface area contributed by atoms with Gasteiger partial charge in [0.1, 0.15) is 5.82 Å². The van der Waals surface area contributed by atoms with Crippen LogP contribution >= 0.6 is 0 Å². The van der Waals surface area contributed by atoms with E-state index in [0.717, 1.165) is 30.0 Å². The molecule has 1 aromatic carbocycles. The summed E-state index contributed by atoms with van der Waals surface area (Å²) < 4.78 is 1.95. The first-order valence-electron chi connectivity index (χ1n) is 7.22. The summed E-state index contributed by atoms with van der Waals surface area (Å²) in [5.74, 6) is 1.01. The van der Waals surface area contributed by atoms with E-state index >= 15 is 0 Å². The molecule has 0 saturated carbocycles. The number of hydrogen-bond acceptors (Lipinski definition) is 2. The first kappa shape index (κ1) is 14.4. The highest BCUT2D eigenvalue weighted by molar-refractivity contribution is 5.48. The van der Waals surface area contributed by atoms with Crippen LogP contribution in [0.15, 0.2) is 42.1 Å². The average Bonchev–Trinajstić information content (AvgIpc) is 2.82. The molecule has 2 rings (SSSR count). The minimum absolute atomic E-state index is 1.01. The van der Waals surface area contributed by atoms with E-state index in [2.05, 4.69) is 67.7 Å². The summed E-state index contributed by atoms with van der Waals surface area (Å²) in [6.07, 6.45) is 4.24. The maximum atomic E-state index is 4.57. The number of aryl methyl sites for hydroxylation is 2. The molecule has 0 aliphatic rings. The number of nitrogens with zero attached hydrogens (tertiary/aromatic N) is 2. The zero-order valence-electron chi connectivity index (χ0n) is 12.8. The lowest BCUT2D eigenvalue weighted by Gasteiger charge is -2.08. The van der Waals surface area contributed by atoms with Crippen molar-refractivity contribution in [2.75, 3.05) is 5.32 Å². The Bertz CT molecular complexity index is 585. The topological polar surface area (TPSA) is 29.9 Å². The molecule has 0 aliphatic heterocycles. The predicted molar refractivity (Wildman–Crippen MR) is 85.3 cm³/mol. The number of allylic oxidation sites excluding steroid dienone is 1. The minimum atomic E-state index is 1.01. The van der Waals surface area contributed by atoms with Crippen LogP contribution in [-0.4, -0.2) is 9.78 Å². The van der Waals surface area contributed by atoms with Crippen molar-refractivity contribution in [1.82, 2.24) is 9.78 Å². The summed E-state index contributed by atoms with van der Waals surface area (Å²) in [5.41, 5.74) is 4.75. The number of rotatable bonds is 5. The molecule has 0 amide bonds. The second-order valence-corrected chi connectivity index (χ2v) is 5.07. The molecule has 1 N–H and O–H groups in total. The summed E-state index contributed by atoms with van der Waals surface area (Å²) in [6.45, 7) is 8.47. The van der Waals surface area contributed by atoms with Crippen molar-refractivity contribution in [2.45, 2.75) is 40.5 Å². The Morgan fingerprint density at radius 1 is 1.15 bits per heavy atom. The van der Waals surface area contributed by atoms with Gasteiger partial charge < -0.3 is 5.32 Å². The molecule has 0 fully saturated rings. The molecular weight excluding hydrogens is 246 g/mol. The second kappa shape index (κ2) is 6.42. The molecule has 0 atom stereocenters. The molecule has 3 heteroatoms. The van der Waals surface area contributed by atoms with Crippen LogP contribution < -0.4 is 5.32 Å². The normalized spacial score (nSPS) is 10.4. The van der Waals surface area contributed by atoms with E-state index in [-0.39, 0.29) is 0 Å². The number of aromatic nitrogens is 2. The summed E-state index contributed by atoms with van der Waals surface area (Å²) >= 11 is 0. The van der Waals surface area contributed by atoms with Crippen molar-refractivity contribution in [3.63, 3.8) is 0 Å². The summed E-state index contributed by atoms with van der Waals surface area (Å²) in [5, 5.41) is 7.95. The molecule has 2 aromatic rings. The number of anilines is 1. The van der Waals surface area contributed by atoms with Gasteiger partial charge in [0.15, 0.2) is 0 Å². The number of hydrogen-bond donors (Lipinski definition) is 1. The van der Waals surface area contributed by atoms with Crippen LogP contribution in [0.3, 0.4) is 0 Å². The van der Waals surface area contributed by atoms with Gasteiger partial charge in [0.05, 0.1) is 11.4 Å². The molecule has 0 bridgehead atoms. The largest absolute Gasteiger partial charge is 0.347 e. The van der Waals surface area contributed by atoms with Gasteiger partial charge in [0.2, 0.25) is 0 Å². The van der Waals surface area contributed by atoms with Gasteiger partial charge in [0.25, 0.3) is 0 Å². The molecule has 0 unspecified atom stereocenters. The van der Waals surface area contributed by atoms with Gasteiger partial charge in [-0.15, -0.1) is 0 Å². The Balaban J connectivity index is 2.31. The zero-order chi connectivity index (χ0) is 14.5. The van der Waals surface area contributed by atoms with Crippen molar-refractivity contribution in [2.24, 2.45) is 0 Å². The summed E-state index contributed by atoms with van der Waals surface area (Å²) in [7, 11) is 0. The van der Waals surface area contributed by atoms with Gasteiger partial charge in [0, 0.05) is 12.3 Å². The molecule has 20 heavy (non-hydrogen) atoms. The molecule has 106 valence electrons. The highest BCUT2D eigenvalue weighted by Gasteiger charge is 2.06. The number of nitrogens with one attached hydrogen (secondary N) is 1. The lowest BCUT2D eigenvalue weighted by molar-refractivity contribution is 0.867. The first-order chi connectivity index (χ1) is 9.63. The summed E-state index contributed by atoms with van der Waals surface area (Å²) in [4.78, 5) is 0. The van der Waals surface area contributed by atoms with E-state index in [1.54, 1.807) is 0 Å². The SMILES string of the molecule is CCC(=CNc1cc(C)nn1-c1ccc(C)cc1)CC. The van der Waals surface area contributed by atoms with Gasteiger partial charge in [-0.25, -0.2) is 4.68 Å². The van der Waals surface area contributed by atoms with E-state index in [1.165, 1.54) is 11.1 Å². The first-order valence-corrected chi connectivity index (χ1v) is 7.22. The maximum absolute atomic E-state index is 4.57. The van der Waals surface area contributed by atoms with Crippen LogP contribution in [0.5, 0.6) is 0 Å². The van der Waals surface area contributed by atoms with E-state index in [4.69, 9.17) is 0 Å². The third-order valence-corrected chi connectivity index (χ3v) is 3.44. The van der Waals surface area contributed by atoms with Crippen molar-refractivity contribution in [3.8, 4) is 5.69 Å². The van der Waals surface area contributed by atoms with Crippen molar-refractivity contribution < 1.29 is 0 Å². The van der Waals surface area contributed by atoms with Crippen LogP contribution in [0.1, 0.15) is 37.9 Å². The Morgan fingerprint density at radius 2 is 1.80 bits per heavy atom. The fraction of sp³-hybridized carbons (Fsp3) is 0.353. The average molecular weight is 269 g/mol. The Morgan fingerprint density at radius 3 is 2.40 bits per heavy atom. The standard InChI is InChI=1S/C17H23N3/c1-5-15(6-2)12-18-17-11-14(4)19-20(17)16-9-7-13(3)8-10-16/h7-12,18H,5-6H2,1-4H3. The Labute approximate surface area is 121 Å². The van der Waals surface area contributed by atoms with Crippen LogP contribution in [0, 0.1) is 13.8 Å². The van der Waals surface area contributed by atoms with Crippen molar-refractivity contribution in [3.05, 3.63) is 53.4 Å². The van der Waals surface area contributed by atoms with Crippen LogP contribution in [0.4, 0.5) is 5.82 Å². The molecule has 0 radical (unpaired) electrons.